The van der Waals surface area contributed by atoms with Crippen molar-refractivity contribution in [3.63, 3.8) is 0 Å². The number of benzene rings is 2. The summed E-state index contributed by atoms with van der Waals surface area (Å²) >= 11 is 0. The molecule has 1 heterocycles. The molecule has 0 aliphatic rings. The third-order valence-electron chi connectivity index (χ3n) is 4.72. The minimum absolute atomic E-state index is 0.00799. The molecule has 3 rings (SSSR count). The average molecular weight is 364 g/mol. The molecule has 0 aliphatic heterocycles. The van der Waals surface area contributed by atoms with Crippen molar-refractivity contribution in [2.75, 3.05) is 13.7 Å². The summed E-state index contributed by atoms with van der Waals surface area (Å²) in [5.41, 5.74) is 3.30. The van der Waals surface area contributed by atoms with Crippen LogP contribution in [0.4, 0.5) is 0 Å². The molecule has 0 bridgehead atoms. The van der Waals surface area contributed by atoms with Crippen molar-refractivity contribution in [2.24, 2.45) is 0 Å². The zero-order valence-electron chi connectivity index (χ0n) is 15.8. The van der Waals surface area contributed by atoms with Gasteiger partial charge in [-0.25, -0.2) is 0 Å². The third kappa shape index (κ3) is 4.44. The molecule has 2 N–H and O–H groups in total. The van der Waals surface area contributed by atoms with E-state index in [2.05, 4.69) is 17.2 Å². The number of carbonyl (C=O) groups is 1. The number of ketones is 1. The Bertz CT molecular complexity index is 1010. The number of fused-ring (bicyclic) bond motifs is 1. The molecule has 0 aliphatic carbocycles. The van der Waals surface area contributed by atoms with Crippen molar-refractivity contribution in [3.05, 3.63) is 75.6 Å². The van der Waals surface area contributed by atoms with Crippen molar-refractivity contribution in [2.45, 2.75) is 26.3 Å². The van der Waals surface area contributed by atoms with Gasteiger partial charge in [-0.15, -0.1) is 0 Å². The van der Waals surface area contributed by atoms with Gasteiger partial charge < -0.3 is 15.0 Å². The largest absolute Gasteiger partial charge is 0.497 e. The van der Waals surface area contributed by atoms with Gasteiger partial charge in [0.25, 0.3) is 0 Å². The predicted octanol–water partition coefficient (Wildman–Crippen LogP) is 3.25. The van der Waals surface area contributed by atoms with E-state index in [0.29, 0.717) is 5.56 Å². The van der Waals surface area contributed by atoms with E-state index in [0.717, 1.165) is 28.6 Å². The lowest BCUT2D eigenvalue weighted by atomic mass is 10.0. The number of ether oxygens (including phenoxy) is 1. The second kappa shape index (κ2) is 8.18. The second-order valence-electron chi connectivity index (χ2n) is 6.80. The van der Waals surface area contributed by atoms with Crippen molar-refractivity contribution in [1.82, 2.24) is 10.3 Å². The number of carbonyl (C=O) groups excluding carboxylic acids is 1. The Hall–Kier alpha value is -2.92. The minimum Gasteiger partial charge on any atom is -0.497 e. The summed E-state index contributed by atoms with van der Waals surface area (Å²) in [6.07, 6.45) is 0.819. The molecule has 5 nitrogen and oxygen atoms in total. The standard InChI is InChI=1S/C22H24N2O3/c1-14-4-9-18(19-10-11-21(26)24-22(14)19)20(25)13-23-15(2)12-16-5-7-17(27-3)8-6-16/h4-11,15,23H,12-13H2,1-3H3,(H,24,26). The Morgan fingerprint density at radius 3 is 2.56 bits per heavy atom. The first-order valence-electron chi connectivity index (χ1n) is 9.00. The van der Waals surface area contributed by atoms with Gasteiger partial charge in [0.2, 0.25) is 5.56 Å². The number of aromatic amines is 1. The Morgan fingerprint density at radius 2 is 1.85 bits per heavy atom. The Labute approximate surface area is 158 Å². The van der Waals surface area contributed by atoms with E-state index >= 15 is 0 Å². The van der Waals surface area contributed by atoms with E-state index in [1.807, 2.05) is 43.3 Å². The molecule has 0 amide bonds. The molecule has 5 heteroatoms. The number of pyridine rings is 1. The molecule has 0 fully saturated rings. The number of hydrogen-bond donors (Lipinski definition) is 2. The number of aryl methyl sites for hydroxylation is 1. The molecule has 0 radical (unpaired) electrons. The highest BCUT2D eigenvalue weighted by Gasteiger charge is 2.13. The highest BCUT2D eigenvalue weighted by Crippen LogP contribution is 2.20. The van der Waals surface area contributed by atoms with E-state index in [1.54, 1.807) is 13.2 Å². The van der Waals surface area contributed by atoms with Crippen molar-refractivity contribution in [3.8, 4) is 5.75 Å². The van der Waals surface area contributed by atoms with Gasteiger partial charge in [-0.2, -0.15) is 0 Å². The first-order chi connectivity index (χ1) is 13.0. The highest BCUT2D eigenvalue weighted by atomic mass is 16.5. The SMILES string of the molecule is COc1ccc(CC(C)NCC(=O)c2ccc(C)c3[nH]c(=O)ccc23)cc1. The molecule has 0 saturated carbocycles. The van der Waals surface area contributed by atoms with E-state index in [1.165, 1.54) is 11.6 Å². The fourth-order valence-electron chi connectivity index (χ4n) is 3.18. The van der Waals surface area contributed by atoms with E-state index < -0.39 is 0 Å². The van der Waals surface area contributed by atoms with Gasteiger partial charge in [0, 0.05) is 23.1 Å². The van der Waals surface area contributed by atoms with Gasteiger partial charge in [0.05, 0.1) is 19.2 Å². The smallest absolute Gasteiger partial charge is 0.248 e. The van der Waals surface area contributed by atoms with Crippen molar-refractivity contribution in [1.29, 1.82) is 0 Å². The van der Waals surface area contributed by atoms with Crippen molar-refractivity contribution >= 4 is 16.7 Å². The van der Waals surface area contributed by atoms with Gasteiger partial charge in [0.1, 0.15) is 5.75 Å². The maximum atomic E-state index is 12.7. The van der Waals surface area contributed by atoms with Crippen LogP contribution < -0.4 is 15.6 Å². The number of hydrogen-bond acceptors (Lipinski definition) is 4. The maximum Gasteiger partial charge on any atom is 0.248 e. The predicted molar refractivity (Wildman–Crippen MR) is 108 cm³/mol. The van der Waals surface area contributed by atoms with E-state index in [-0.39, 0.29) is 23.9 Å². The van der Waals surface area contributed by atoms with Crippen LogP contribution in [0.5, 0.6) is 5.75 Å². The lowest BCUT2D eigenvalue weighted by molar-refractivity contribution is 0.0989. The summed E-state index contributed by atoms with van der Waals surface area (Å²) < 4.78 is 5.17. The summed E-state index contributed by atoms with van der Waals surface area (Å²) in [6.45, 7) is 4.22. The van der Waals surface area contributed by atoms with Gasteiger partial charge in [-0.3, -0.25) is 9.59 Å². The van der Waals surface area contributed by atoms with Gasteiger partial charge in [0.15, 0.2) is 5.78 Å². The monoisotopic (exact) mass is 364 g/mol. The molecule has 3 aromatic rings. The van der Waals surface area contributed by atoms with Crippen LogP contribution in [0.2, 0.25) is 0 Å². The number of rotatable bonds is 7. The van der Waals surface area contributed by atoms with Crippen molar-refractivity contribution < 1.29 is 9.53 Å². The lowest BCUT2D eigenvalue weighted by Gasteiger charge is -2.14. The van der Waals surface area contributed by atoms with Crippen LogP contribution in [0.1, 0.15) is 28.4 Å². The normalized spacial score (nSPS) is 12.1. The first-order valence-corrected chi connectivity index (χ1v) is 9.00. The quantitative estimate of drug-likeness (QED) is 0.632. The van der Waals surface area contributed by atoms with E-state index in [4.69, 9.17) is 4.74 Å². The van der Waals surface area contributed by atoms with Gasteiger partial charge >= 0.3 is 0 Å². The molecule has 140 valence electrons. The summed E-state index contributed by atoms with van der Waals surface area (Å²) in [4.78, 5) is 27.1. The highest BCUT2D eigenvalue weighted by molar-refractivity contribution is 6.08. The molecular formula is C22H24N2O3. The van der Waals surface area contributed by atoms with Crippen LogP contribution in [-0.2, 0) is 6.42 Å². The third-order valence-corrected chi connectivity index (χ3v) is 4.72. The zero-order chi connectivity index (χ0) is 19.4. The van der Waals surface area contributed by atoms with Crippen LogP contribution in [0.15, 0.2) is 53.3 Å². The number of H-pyrrole nitrogens is 1. The van der Waals surface area contributed by atoms with Crippen LogP contribution in [0.25, 0.3) is 10.9 Å². The molecule has 0 spiro atoms. The minimum atomic E-state index is -0.165. The second-order valence-corrected chi connectivity index (χ2v) is 6.80. The average Bonchev–Trinajstić information content (AvgIpc) is 2.67. The Balaban J connectivity index is 1.67. The fourth-order valence-corrected chi connectivity index (χ4v) is 3.18. The van der Waals surface area contributed by atoms with Crippen LogP contribution >= 0.6 is 0 Å². The molecule has 1 atom stereocenters. The molecule has 1 unspecified atom stereocenters. The summed E-state index contributed by atoms with van der Waals surface area (Å²) in [5, 5.41) is 4.08. The van der Waals surface area contributed by atoms with Gasteiger partial charge in [-0.1, -0.05) is 24.3 Å². The number of Topliss-reactive ketones (excluding diaryl/α,β-unsaturated/α-hetero) is 1. The Morgan fingerprint density at radius 1 is 1.11 bits per heavy atom. The number of nitrogens with one attached hydrogen (secondary N) is 2. The van der Waals surface area contributed by atoms with Crippen LogP contribution in [0.3, 0.4) is 0 Å². The molecule has 1 aromatic heterocycles. The first kappa shape index (κ1) is 18.9. The summed E-state index contributed by atoms with van der Waals surface area (Å²) in [5.74, 6) is 0.840. The number of methoxy groups -OCH3 is 1. The van der Waals surface area contributed by atoms with E-state index in [9.17, 15) is 9.59 Å². The molecular weight excluding hydrogens is 340 g/mol. The van der Waals surface area contributed by atoms with Crippen LogP contribution in [-0.4, -0.2) is 30.5 Å². The lowest BCUT2D eigenvalue weighted by Crippen LogP contribution is -2.33. The van der Waals surface area contributed by atoms with Crippen LogP contribution in [0, 0.1) is 6.92 Å². The fraction of sp³-hybridized carbons (Fsp3) is 0.273. The molecule has 2 aromatic carbocycles. The summed E-state index contributed by atoms with van der Waals surface area (Å²) in [6, 6.07) is 15.0. The molecule has 27 heavy (non-hydrogen) atoms. The summed E-state index contributed by atoms with van der Waals surface area (Å²) in [7, 11) is 1.65. The van der Waals surface area contributed by atoms with Gasteiger partial charge in [-0.05, 0) is 49.6 Å². The Kier molecular flexibility index (Phi) is 5.72. The number of aromatic nitrogens is 1. The molecule has 0 saturated heterocycles. The topological polar surface area (TPSA) is 71.2 Å². The zero-order valence-corrected chi connectivity index (χ0v) is 15.8. The maximum absolute atomic E-state index is 12.7.